The first-order chi connectivity index (χ1) is 15.4. The predicted octanol–water partition coefficient (Wildman–Crippen LogP) is 4.52. The van der Waals surface area contributed by atoms with Gasteiger partial charge in [0.15, 0.2) is 0 Å². The smallest absolute Gasteiger partial charge is 0.294 e. The van der Waals surface area contributed by atoms with E-state index in [0.29, 0.717) is 17.0 Å². The van der Waals surface area contributed by atoms with Crippen molar-refractivity contribution >= 4 is 46.3 Å². The van der Waals surface area contributed by atoms with E-state index in [4.69, 9.17) is 4.74 Å². The van der Waals surface area contributed by atoms with E-state index in [2.05, 4.69) is 24.1 Å². The molecule has 2 aromatic rings. The summed E-state index contributed by atoms with van der Waals surface area (Å²) in [7, 11) is 1.57. The van der Waals surface area contributed by atoms with E-state index in [-0.39, 0.29) is 11.4 Å². The summed E-state index contributed by atoms with van der Waals surface area (Å²) in [6.07, 6.45) is 1.63. The molecule has 3 rings (SSSR count). The summed E-state index contributed by atoms with van der Waals surface area (Å²) in [5.74, 6) is -0.314. The maximum Gasteiger partial charge on any atom is 0.294 e. The molecule has 1 fully saturated rings. The topological polar surface area (TPSA) is 79.0 Å². The highest BCUT2D eigenvalue weighted by Gasteiger charge is 2.36. The third-order valence-corrected chi connectivity index (χ3v) is 6.05. The minimum atomic E-state index is -0.492. The molecular weight excluding hydrogens is 426 g/mol. The molecule has 1 saturated heterocycles. The van der Waals surface area contributed by atoms with Crippen molar-refractivity contribution in [2.75, 3.05) is 37.0 Å². The molecule has 3 amide bonds. The Balaban J connectivity index is 1.74. The Labute approximate surface area is 192 Å². The van der Waals surface area contributed by atoms with Gasteiger partial charge in [-0.3, -0.25) is 19.3 Å². The average Bonchev–Trinajstić information content (AvgIpc) is 3.04. The summed E-state index contributed by atoms with van der Waals surface area (Å²) in [6.45, 7) is 7.49. The van der Waals surface area contributed by atoms with E-state index in [1.807, 2.05) is 37.3 Å². The maximum atomic E-state index is 12.8. The summed E-state index contributed by atoms with van der Waals surface area (Å²) in [5, 5.41) is 2.24. The van der Waals surface area contributed by atoms with Crippen molar-refractivity contribution in [3.8, 4) is 5.75 Å². The third-order valence-electron chi connectivity index (χ3n) is 5.14. The number of anilines is 2. The Kier molecular flexibility index (Phi) is 7.58. The third kappa shape index (κ3) is 5.31. The molecule has 0 unspecified atom stereocenters. The van der Waals surface area contributed by atoms with Crippen LogP contribution in [-0.4, -0.2) is 48.7 Å². The van der Waals surface area contributed by atoms with Gasteiger partial charge in [-0.05, 0) is 62.9 Å². The van der Waals surface area contributed by atoms with E-state index in [1.54, 1.807) is 25.3 Å². The fraction of sp³-hybridized carbons (Fsp3) is 0.292. The molecule has 0 radical (unpaired) electrons. The van der Waals surface area contributed by atoms with Crippen LogP contribution in [0.2, 0.25) is 0 Å². The Morgan fingerprint density at radius 1 is 1.12 bits per heavy atom. The molecule has 0 aromatic heterocycles. The minimum absolute atomic E-state index is 0.257. The fourth-order valence-corrected chi connectivity index (χ4v) is 4.19. The lowest BCUT2D eigenvalue weighted by molar-refractivity contribution is -0.127. The number of benzene rings is 2. The zero-order valence-electron chi connectivity index (χ0n) is 18.7. The lowest BCUT2D eigenvalue weighted by Crippen LogP contribution is -2.36. The fourth-order valence-electron chi connectivity index (χ4n) is 3.36. The van der Waals surface area contributed by atoms with Crippen molar-refractivity contribution in [2.45, 2.75) is 20.8 Å². The summed E-state index contributed by atoms with van der Waals surface area (Å²) >= 11 is 0.818. The molecule has 2 aromatic carbocycles. The van der Waals surface area contributed by atoms with Crippen LogP contribution in [0.1, 0.15) is 25.0 Å². The van der Waals surface area contributed by atoms with Gasteiger partial charge in [0.2, 0.25) is 5.91 Å². The lowest BCUT2D eigenvalue weighted by Gasteiger charge is -2.22. The number of nitrogens with one attached hydrogen (secondary N) is 1. The zero-order chi connectivity index (χ0) is 23.3. The van der Waals surface area contributed by atoms with Crippen LogP contribution >= 0.6 is 11.8 Å². The quantitative estimate of drug-likeness (QED) is 0.592. The van der Waals surface area contributed by atoms with E-state index in [0.717, 1.165) is 41.0 Å². The molecule has 1 N–H and O–H groups in total. The van der Waals surface area contributed by atoms with Crippen molar-refractivity contribution in [3.05, 3.63) is 58.5 Å². The zero-order valence-corrected chi connectivity index (χ0v) is 19.5. The second-order valence-electron chi connectivity index (χ2n) is 7.28. The van der Waals surface area contributed by atoms with Crippen LogP contribution < -0.4 is 15.0 Å². The van der Waals surface area contributed by atoms with Gasteiger partial charge in [0.1, 0.15) is 12.3 Å². The molecule has 8 heteroatoms. The van der Waals surface area contributed by atoms with Crippen molar-refractivity contribution in [2.24, 2.45) is 0 Å². The first kappa shape index (κ1) is 23.4. The normalized spacial score (nSPS) is 14.8. The number of methoxy groups -OCH3 is 1. The standard InChI is InChI=1S/C24H27N3O4S/c1-5-26(6-2)19-12-9-17(20(14-19)31-4)13-21-23(29)27(24(30)32-21)15-22(28)25-18-10-7-16(3)8-11-18/h7-14H,5-6,15H2,1-4H3,(H,25,28)/b21-13-. The number of hydrogen-bond acceptors (Lipinski definition) is 6. The molecule has 168 valence electrons. The summed E-state index contributed by atoms with van der Waals surface area (Å²) in [6, 6.07) is 13.0. The number of imide groups is 1. The summed E-state index contributed by atoms with van der Waals surface area (Å²) in [4.78, 5) is 41.0. The maximum absolute atomic E-state index is 12.8. The van der Waals surface area contributed by atoms with Crippen LogP contribution in [0.5, 0.6) is 5.75 Å². The van der Waals surface area contributed by atoms with E-state index < -0.39 is 17.1 Å². The van der Waals surface area contributed by atoms with Gasteiger partial charge < -0.3 is 15.0 Å². The van der Waals surface area contributed by atoms with Crippen LogP contribution in [0.3, 0.4) is 0 Å². The van der Waals surface area contributed by atoms with Gasteiger partial charge in [-0.25, -0.2) is 0 Å². The highest BCUT2D eigenvalue weighted by Crippen LogP contribution is 2.35. The molecule has 32 heavy (non-hydrogen) atoms. The highest BCUT2D eigenvalue weighted by molar-refractivity contribution is 8.18. The first-order valence-electron chi connectivity index (χ1n) is 10.4. The Bertz CT molecular complexity index is 1050. The van der Waals surface area contributed by atoms with Crippen molar-refractivity contribution in [1.29, 1.82) is 0 Å². The first-order valence-corrected chi connectivity index (χ1v) is 11.2. The number of rotatable bonds is 8. The van der Waals surface area contributed by atoms with Gasteiger partial charge in [0, 0.05) is 36.1 Å². The molecule has 0 bridgehead atoms. The number of nitrogens with zero attached hydrogens (tertiary/aromatic N) is 2. The number of ether oxygens (including phenoxy) is 1. The molecular formula is C24H27N3O4S. The van der Waals surface area contributed by atoms with Gasteiger partial charge in [-0.1, -0.05) is 17.7 Å². The SMILES string of the molecule is CCN(CC)c1ccc(/C=C2\SC(=O)N(CC(=O)Nc3ccc(C)cc3)C2=O)c(OC)c1. The molecule has 0 spiro atoms. The highest BCUT2D eigenvalue weighted by atomic mass is 32.2. The summed E-state index contributed by atoms with van der Waals surface area (Å²) < 4.78 is 5.51. The monoisotopic (exact) mass is 453 g/mol. The van der Waals surface area contributed by atoms with Crippen LogP contribution in [-0.2, 0) is 9.59 Å². The number of carbonyl (C=O) groups excluding carboxylic acids is 3. The van der Waals surface area contributed by atoms with Crippen molar-refractivity contribution < 1.29 is 19.1 Å². The van der Waals surface area contributed by atoms with Gasteiger partial charge in [0.25, 0.3) is 11.1 Å². The molecule has 0 atom stereocenters. The number of aryl methyl sites for hydroxylation is 1. The summed E-state index contributed by atoms with van der Waals surface area (Å²) in [5.41, 5.74) is 3.39. The second-order valence-corrected chi connectivity index (χ2v) is 8.27. The van der Waals surface area contributed by atoms with Crippen LogP contribution in [0.4, 0.5) is 16.2 Å². The molecule has 1 aliphatic heterocycles. The Hall–Kier alpha value is -3.26. The number of carbonyl (C=O) groups is 3. The molecule has 7 nitrogen and oxygen atoms in total. The number of amides is 3. The largest absolute Gasteiger partial charge is 0.496 e. The minimum Gasteiger partial charge on any atom is -0.496 e. The lowest BCUT2D eigenvalue weighted by atomic mass is 10.1. The number of hydrogen-bond donors (Lipinski definition) is 1. The van der Waals surface area contributed by atoms with Crippen molar-refractivity contribution in [1.82, 2.24) is 4.90 Å². The predicted molar refractivity (Wildman–Crippen MR) is 129 cm³/mol. The Morgan fingerprint density at radius 2 is 1.81 bits per heavy atom. The molecule has 1 heterocycles. The van der Waals surface area contributed by atoms with Gasteiger partial charge in [-0.2, -0.15) is 0 Å². The van der Waals surface area contributed by atoms with Gasteiger partial charge in [-0.15, -0.1) is 0 Å². The van der Waals surface area contributed by atoms with Crippen LogP contribution in [0.15, 0.2) is 47.4 Å². The van der Waals surface area contributed by atoms with E-state index in [9.17, 15) is 14.4 Å². The average molecular weight is 454 g/mol. The molecule has 0 saturated carbocycles. The van der Waals surface area contributed by atoms with Crippen LogP contribution in [0, 0.1) is 6.92 Å². The van der Waals surface area contributed by atoms with Crippen LogP contribution in [0.25, 0.3) is 6.08 Å². The van der Waals surface area contributed by atoms with Gasteiger partial charge in [0.05, 0.1) is 12.0 Å². The van der Waals surface area contributed by atoms with Crippen molar-refractivity contribution in [3.63, 3.8) is 0 Å². The molecule has 1 aliphatic rings. The van der Waals surface area contributed by atoms with Gasteiger partial charge >= 0.3 is 0 Å². The van der Waals surface area contributed by atoms with E-state index >= 15 is 0 Å². The second kappa shape index (κ2) is 10.4. The Morgan fingerprint density at radius 3 is 2.44 bits per heavy atom. The van der Waals surface area contributed by atoms with E-state index in [1.165, 1.54) is 0 Å². The number of thioether (sulfide) groups is 1. The molecule has 0 aliphatic carbocycles.